The quantitative estimate of drug-likeness (QED) is 0.377. The average molecular weight is 599 g/mol. The number of fused-ring (bicyclic) bond motifs is 4. The maximum Gasteiger partial charge on any atom is 0.262 e. The molecule has 2 aromatic rings. The summed E-state index contributed by atoms with van der Waals surface area (Å²) in [5, 5.41) is 11.8. The number of ether oxygens (including phenoxy) is 1. The van der Waals surface area contributed by atoms with E-state index < -0.39 is 9.71 Å². The fourth-order valence-corrected chi connectivity index (χ4v) is 8.94. The van der Waals surface area contributed by atoms with Gasteiger partial charge in [0.2, 0.25) is 0 Å². The Bertz CT molecular complexity index is 1430. The molecule has 8 heteroatoms. The fourth-order valence-electron chi connectivity index (χ4n) is 7.60. The van der Waals surface area contributed by atoms with Gasteiger partial charge in [-0.1, -0.05) is 24.6 Å². The average Bonchev–Trinajstić information content (AvgIpc) is 3.05. The molecule has 0 radical (unpaired) electrons. The monoisotopic (exact) mass is 598 g/mol. The van der Waals surface area contributed by atoms with E-state index in [0.717, 1.165) is 74.5 Å². The molecular formula is C33H43ClN2O4S. The first kappa shape index (κ1) is 28.9. The van der Waals surface area contributed by atoms with Crippen LogP contribution in [0.5, 0.6) is 5.75 Å². The molecule has 2 heterocycles. The molecule has 41 heavy (non-hydrogen) atoms. The van der Waals surface area contributed by atoms with Gasteiger partial charge in [-0.2, -0.15) is 0 Å². The molecule has 6 nitrogen and oxygen atoms in total. The summed E-state index contributed by atoms with van der Waals surface area (Å²) in [5.74, 6) is 5.25. The van der Waals surface area contributed by atoms with Gasteiger partial charge >= 0.3 is 0 Å². The Morgan fingerprint density at radius 3 is 2.76 bits per heavy atom. The van der Waals surface area contributed by atoms with E-state index in [1.54, 1.807) is 6.07 Å². The van der Waals surface area contributed by atoms with Crippen LogP contribution >= 0.6 is 11.6 Å². The largest absolute Gasteiger partial charge is 0.490 e. The first-order chi connectivity index (χ1) is 19.5. The van der Waals surface area contributed by atoms with Crippen molar-refractivity contribution in [2.24, 2.45) is 17.8 Å². The van der Waals surface area contributed by atoms with Crippen LogP contribution in [0.1, 0.15) is 80.3 Å². The van der Waals surface area contributed by atoms with Crippen LogP contribution in [0.2, 0.25) is 5.02 Å². The molecule has 0 aromatic heterocycles. The van der Waals surface area contributed by atoms with Crippen LogP contribution in [0.4, 0.5) is 5.69 Å². The Morgan fingerprint density at radius 2 is 1.98 bits per heavy atom. The SMILES string of the molecule is C=S1(=O)NC(=O)c2ccc3c(c2)N(C[C@@H]2CC[C@H]2[C@@H](O)C[C@H](C)CC[C@H]1C)C[C@@]1(CCCc2cc(Cl)ccc21)CO3. The summed E-state index contributed by atoms with van der Waals surface area (Å²) in [4.78, 5) is 15.8. The van der Waals surface area contributed by atoms with Crippen molar-refractivity contribution in [3.8, 4) is 5.75 Å². The van der Waals surface area contributed by atoms with Crippen LogP contribution in [0.25, 0.3) is 0 Å². The smallest absolute Gasteiger partial charge is 0.262 e. The second-order valence-corrected chi connectivity index (χ2v) is 16.1. The Morgan fingerprint density at radius 1 is 1.15 bits per heavy atom. The summed E-state index contributed by atoms with van der Waals surface area (Å²) >= 11 is 6.40. The molecular weight excluding hydrogens is 556 g/mol. The molecule has 0 saturated heterocycles. The lowest BCUT2D eigenvalue weighted by Crippen LogP contribution is -2.49. The Kier molecular flexibility index (Phi) is 7.84. The molecule has 1 spiro atoms. The standard InChI is InChI=1S/C33H43ClN2O4S/c1-21-6-7-22(2)41(3,39)35-32(38)24-9-13-31-29(17-24)36(18-25-8-11-27(25)30(37)15-21)19-33(20-40-31)14-4-5-23-16-26(34)10-12-28(23)33/h9-10,12-13,16-17,21-22,25,27,30,37H,3-8,11,14-15,18-20H2,1-2H3,(H,35,38,39)/t21-,22-,25+,27-,30+,33+,41?/m1/s1. The lowest BCUT2D eigenvalue weighted by molar-refractivity contribution is 0.00130. The highest BCUT2D eigenvalue weighted by Crippen LogP contribution is 2.47. The van der Waals surface area contributed by atoms with Crippen molar-refractivity contribution in [1.29, 1.82) is 0 Å². The molecule has 2 aliphatic carbocycles. The van der Waals surface area contributed by atoms with E-state index in [4.69, 9.17) is 16.3 Å². The molecule has 1 saturated carbocycles. The number of amides is 1. The van der Waals surface area contributed by atoms with Gasteiger partial charge in [0, 0.05) is 34.3 Å². The zero-order chi connectivity index (χ0) is 28.9. The molecule has 2 aliphatic heterocycles. The number of rotatable bonds is 0. The number of aliphatic hydroxyl groups excluding tert-OH is 1. The molecule has 6 rings (SSSR count). The van der Waals surface area contributed by atoms with Gasteiger partial charge in [-0.25, -0.2) is 4.21 Å². The van der Waals surface area contributed by atoms with E-state index in [1.165, 1.54) is 11.1 Å². The lowest BCUT2D eigenvalue weighted by Gasteiger charge is -2.46. The number of hydrogen-bond acceptors (Lipinski definition) is 5. The number of halogens is 1. The van der Waals surface area contributed by atoms with E-state index in [0.29, 0.717) is 30.4 Å². The second-order valence-electron chi connectivity index (χ2n) is 13.2. The Labute approximate surface area is 249 Å². The number of carbonyl (C=O) groups excluding carboxylic acids is 1. The van der Waals surface area contributed by atoms with Crippen molar-refractivity contribution in [2.75, 3.05) is 24.6 Å². The highest BCUT2D eigenvalue weighted by Gasteiger charge is 2.44. The molecule has 7 atom stereocenters. The van der Waals surface area contributed by atoms with E-state index in [-0.39, 0.29) is 28.6 Å². The molecule has 4 aliphatic rings. The van der Waals surface area contributed by atoms with E-state index in [1.807, 2.05) is 25.1 Å². The molecule has 1 fully saturated rings. The molecule has 2 N–H and O–H groups in total. The van der Waals surface area contributed by atoms with Gasteiger partial charge in [-0.3, -0.25) is 9.52 Å². The summed E-state index contributed by atoms with van der Waals surface area (Å²) in [7, 11) is -2.85. The number of anilines is 1. The van der Waals surface area contributed by atoms with Gasteiger partial charge in [-0.15, -0.1) is 0 Å². The lowest BCUT2D eigenvalue weighted by atomic mass is 9.67. The van der Waals surface area contributed by atoms with Crippen molar-refractivity contribution in [3.05, 3.63) is 58.1 Å². The van der Waals surface area contributed by atoms with Crippen LogP contribution in [0.15, 0.2) is 36.4 Å². The fraction of sp³-hybridized carbons (Fsp3) is 0.576. The second kappa shape index (κ2) is 11.1. The summed E-state index contributed by atoms with van der Waals surface area (Å²) < 4.78 is 22.8. The minimum absolute atomic E-state index is 0.204. The highest BCUT2D eigenvalue weighted by molar-refractivity contribution is 7.99. The van der Waals surface area contributed by atoms with Crippen LogP contribution in [-0.4, -0.2) is 52.1 Å². The van der Waals surface area contributed by atoms with E-state index >= 15 is 0 Å². The summed E-state index contributed by atoms with van der Waals surface area (Å²) in [6, 6.07) is 11.8. The number of carbonyl (C=O) groups is 1. The first-order valence-electron chi connectivity index (χ1n) is 15.2. The van der Waals surface area contributed by atoms with Crippen LogP contribution < -0.4 is 14.4 Å². The van der Waals surface area contributed by atoms with Gasteiger partial charge in [0.25, 0.3) is 5.91 Å². The van der Waals surface area contributed by atoms with E-state index in [9.17, 15) is 14.1 Å². The third-order valence-electron chi connectivity index (χ3n) is 10.4. The number of nitrogens with zero attached hydrogens (tertiary/aromatic N) is 1. The third-order valence-corrected chi connectivity index (χ3v) is 12.7. The number of aliphatic hydroxyl groups is 1. The van der Waals surface area contributed by atoms with Gasteiger partial charge < -0.3 is 14.7 Å². The number of nitrogens with one attached hydrogen (secondary N) is 1. The summed E-state index contributed by atoms with van der Waals surface area (Å²) in [6.07, 6.45) is 7.11. The van der Waals surface area contributed by atoms with Crippen LogP contribution in [0, 0.1) is 17.8 Å². The maximum atomic E-state index is 13.5. The molecule has 1 amide bonds. The number of aryl methyl sites for hydroxylation is 1. The van der Waals surface area contributed by atoms with Crippen molar-refractivity contribution in [1.82, 2.24) is 4.72 Å². The highest BCUT2D eigenvalue weighted by atomic mass is 35.5. The minimum atomic E-state index is -2.85. The van der Waals surface area contributed by atoms with Crippen molar-refractivity contribution in [3.63, 3.8) is 0 Å². The zero-order valence-electron chi connectivity index (χ0n) is 24.2. The van der Waals surface area contributed by atoms with E-state index in [2.05, 4.69) is 34.5 Å². The van der Waals surface area contributed by atoms with Gasteiger partial charge in [0.1, 0.15) is 5.75 Å². The summed E-state index contributed by atoms with van der Waals surface area (Å²) in [6.45, 7) is 6.17. The Hall–Kier alpha value is -2.22. The molecule has 222 valence electrons. The molecule has 2 aromatic carbocycles. The number of hydrogen-bond donors (Lipinski definition) is 2. The zero-order valence-corrected chi connectivity index (χ0v) is 25.8. The molecule has 2 bridgehead atoms. The minimum Gasteiger partial charge on any atom is -0.490 e. The normalized spacial score (nSPS) is 35.8. The van der Waals surface area contributed by atoms with Crippen molar-refractivity contribution in [2.45, 2.75) is 82.0 Å². The Balaban J connectivity index is 1.41. The van der Waals surface area contributed by atoms with Gasteiger partial charge in [0.05, 0.1) is 28.1 Å². The van der Waals surface area contributed by atoms with Crippen LogP contribution in [-0.2, 0) is 21.5 Å². The van der Waals surface area contributed by atoms with Crippen molar-refractivity contribution < 1.29 is 18.8 Å². The van der Waals surface area contributed by atoms with Gasteiger partial charge in [-0.05, 0) is 123 Å². The maximum absolute atomic E-state index is 13.5. The van der Waals surface area contributed by atoms with Crippen molar-refractivity contribution >= 4 is 38.8 Å². The predicted molar refractivity (Wildman–Crippen MR) is 168 cm³/mol. The van der Waals surface area contributed by atoms with Crippen LogP contribution in [0.3, 0.4) is 0 Å². The van der Waals surface area contributed by atoms with Gasteiger partial charge in [0.15, 0.2) is 0 Å². The number of benzene rings is 2. The first-order valence-corrected chi connectivity index (χ1v) is 17.4. The summed E-state index contributed by atoms with van der Waals surface area (Å²) in [5.41, 5.74) is 3.73. The predicted octanol–water partition coefficient (Wildman–Crippen LogP) is 5.77. The third kappa shape index (κ3) is 5.62. The molecule has 1 unspecified atom stereocenters. The topological polar surface area (TPSA) is 78.9 Å².